The molecule has 0 amide bonds. The highest BCUT2D eigenvalue weighted by atomic mass is 35.5. The maximum absolute atomic E-state index is 6.04. The van der Waals surface area contributed by atoms with E-state index in [9.17, 15) is 0 Å². The zero-order valence-electron chi connectivity index (χ0n) is 14.7. The van der Waals surface area contributed by atoms with E-state index in [1.165, 1.54) is 5.56 Å². The summed E-state index contributed by atoms with van der Waals surface area (Å²) in [5.74, 6) is 0.765. The van der Waals surface area contributed by atoms with E-state index in [-0.39, 0.29) is 6.04 Å². The maximum atomic E-state index is 6.04. The maximum Gasteiger partial charge on any atom is 0.200 e. The van der Waals surface area contributed by atoms with Gasteiger partial charge in [0.2, 0.25) is 0 Å². The van der Waals surface area contributed by atoms with Crippen LogP contribution in [-0.4, -0.2) is 34.3 Å². The number of benzene rings is 1. The third kappa shape index (κ3) is 3.58. The van der Waals surface area contributed by atoms with Gasteiger partial charge in [-0.1, -0.05) is 48.9 Å². The minimum absolute atomic E-state index is 0.0945. The fraction of sp³-hybridized carbons (Fsp3) is 0.222. The van der Waals surface area contributed by atoms with Crippen molar-refractivity contribution in [3.05, 3.63) is 76.3 Å². The lowest BCUT2D eigenvalue weighted by Crippen LogP contribution is -2.15. The first kappa shape index (κ1) is 17.7. The molecule has 3 heterocycles. The second-order valence-corrected chi connectivity index (χ2v) is 6.99. The Balaban J connectivity index is 1.69. The van der Waals surface area contributed by atoms with Gasteiger partial charge in [-0.25, -0.2) is 0 Å². The molecule has 27 heavy (non-hydrogen) atoms. The molecule has 9 heteroatoms. The Morgan fingerprint density at radius 2 is 1.96 bits per heavy atom. The smallest absolute Gasteiger partial charge is 0.200 e. The van der Waals surface area contributed by atoms with Crippen LogP contribution in [0, 0.1) is 4.77 Å². The topological polar surface area (TPSA) is 69.2 Å². The number of halogens is 1. The van der Waals surface area contributed by atoms with Crippen LogP contribution in [0.1, 0.15) is 30.8 Å². The van der Waals surface area contributed by atoms with Gasteiger partial charge < -0.3 is 0 Å². The molecular formula is C18H18ClN7S. The molecule has 0 saturated heterocycles. The molecular weight excluding hydrogens is 382 g/mol. The molecule has 1 aromatic carbocycles. The van der Waals surface area contributed by atoms with Crippen molar-refractivity contribution in [1.82, 2.24) is 34.3 Å². The van der Waals surface area contributed by atoms with E-state index >= 15 is 0 Å². The van der Waals surface area contributed by atoms with E-state index in [0.717, 1.165) is 17.9 Å². The van der Waals surface area contributed by atoms with E-state index in [1.807, 2.05) is 33.6 Å². The highest BCUT2D eigenvalue weighted by Crippen LogP contribution is 2.24. The summed E-state index contributed by atoms with van der Waals surface area (Å²) >= 11 is 11.5. The Bertz CT molecular complexity index is 1090. The van der Waals surface area contributed by atoms with Crippen molar-refractivity contribution in [1.29, 1.82) is 0 Å². The second-order valence-electron chi connectivity index (χ2n) is 6.17. The molecule has 4 aromatic rings. The van der Waals surface area contributed by atoms with Crippen LogP contribution in [0.4, 0.5) is 0 Å². The van der Waals surface area contributed by atoms with Gasteiger partial charge >= 0.3 is 0 Å². The van der Waals surface area contributed by atoms with Gasteiger partial charge in [0.15, 0.2) is 10.6 Å². The normalized spacial score (nSPS) is 12.4. The first-order valence-corrected chi connectivity index (χ1v) is 9.38. The fourth-order valence-corrected chi connectivity index (χ4v) is 3.47. The summed E-state index contributed by atoms with van der Waals surface area (Å²) in [6, 6.07) is 10.1. The van der Waals surface area contributed by atoms with Crippen LogP contribution in [0.3, 0.4) is 0 Å². The van der Waals surface area contributed by atoms with Crippen LogP contribution >= 0.6 is 23.8 Å². The van der Waals surface area contributed by atoms with E-state index < -0.39 is 0 Å². The number of aromatic nitrogens is 7. The lowest BCUT2D eigenvalue weighted by molar-refractivity contribution is 0.477. The lowest BCUT2D eigenvalue weighted by atomic mass is 10.2. The first-order valence-electron chi connectivity index (χ1n) is 8.59. The quantitative estimate of drug-likeness (QED) is 0.497. The number of nitrogens with one attached hydrogen (secondary N) is 1. The Hall–Kier alpha value is -2.71. The molecule has 3 aromatic heterocycles. The van der Waals surface area contributed by atoms with Crippen molar-refractivity contribution >= 4 is 23.8 Å². The molecule has 0 aliphatic heterocycles. The van der Waals surface area contributed by atoms with Gasteiger partial charge in [0.25, 0.3) is 0 Å². The second kappa shape index (κ2) is 7.50. The van der Waals surface area contributed by atoms with Crippen LogP contribution in [0.25, 0.3) is 5.69 Å². The molecule has 138 valence electrons. The number of rotatable bonds is 6. The molecule has 0 fully saturated rings. The van der Waals surface area contributed by atoms with Crippen molar-refractivity contribution in [3.8, 4) is 5.69 Å². The molecule has 1 N–H and O–H groups in total. The van der Waals surface area contributed by atoms with E-state index in [2.05, 4.69) is 39.5 Å². The molecule has 1 atom stereocenters. The van der Waals surface area contributed by atoms with Gasteiger partial charge in [-0.05, 0) is 24.2 Å². The average molecular weight is 400 g/mol. The van der Waals surface area contributed by atoms with Gasteiger partial charge in [0.1, 0.15) is 6.04 Å². The SMILES string of the molecule is CCC(c1n[nH]c(=S)n1-c1cnn(Cc2ccccc2)c1)n1cc(Cl)cn1. The van der Waals surface area contributed by atoms with Crippen molar-refractivity contribution in [3.63, 3.8) is 0 Å². The van der Waals surface area contributed by atoms with Crippen molar-refractivity contribution in [2.75, 3.05) is 0 Å². The highest BCUT2D eigenvalue weighted by Gasteiger charge is 2.21. The largest absolute Gasteiger partial charge is 0.267 e. The predicted octanol–water partition coefficient (Wildman–Crippen LogP) is 4.02. The van der Waals surface area contributed by atoms with Gasteiger partial charge in [-0.2, -0.15) is 15.3 Å². The summed E-state index contributed by atoms with van der Waals surface area (Å²) in [4.78, 5) is 0. The summed E-state index contributed by atoms with van der Waals surface area (Å²) in [6.45, 7) is 2.76. The zero-order chi connectivity index (χ0) is 18.8. The monoisotopic (exact) mass is 399 g/mol. The fourth-order valence-electron chi connectivity index (χ4n) is 3.08. The molecule has 0 aliphatic rings. The van der Waals surface area contributed by atoms with Crippen molar-refractivity contribution in [2.45, 2.75) is 25.9 Å². The first-order chi connectivity index (χ1) is 13.2. The third-order valence-electron chi connectivity index (χ3n) is 4.34. The van der Waals surface area contributed by atoms with E-state index in [0.29, 0.717) is 16.3 Å². The van der Waals surface area contributed by atoms with E-state index in [4.69, 9.17) is 23.8 Å². The molecule has 0 spiro atoms. The molecule has 1 unspecified atom stereocenters. The molecule has 4 rings (SSSR count). The Morgan fingerprint density at radius 3 is 2.67 bits per heavy atom. The third-order valence-corrected chi connectivity index (χ3v) is 4.81. The molecule has 0 radical (unpaired) electrons. The standard InChI is InChI=1S/C18H18ClN7S/c1-2-16(25-11-14(19)8-21-25)17-22-23-18(27)26(17)15-9-20-24(12-15)10-13-6-4-3-5-7-13/h3-9,11-12,16H,2,10H2,1H3,(H,23,27). The van der Waals surface area contributed by atoms with Crippen molar-refractivity contribution < 1.29 is 0 Å². The minimum atomic E-state index is -0.0945. The van der Waals surface area contributed by atoms with Gasteiger partial charge in [-0.3, -0.25) is 19.0 Å². The molecule has 7 nitrogen and oxygen atoms in total. The summed E-state index contributed by atoms with van der Waals surface area (Å²) in [5, 5.41) is 16.7. The molecule has 0 aliphatic carbocycles. The number of hydrogen-bond acceptors (Lipinski definition) is 4. The summed E-state index contributed by atoms with van der Waals surface area (Å²) in [5.41, 5.74) is 2.04. The van der Waals surface area contributed by atoms with Crippen molar-refractivity contribution in [2.24, 2.45) is 0 Å². The Kier molecular flexibility index (Phi) is 4.91. The highest BCUT2D eigenvalue weighted by molar-refractivity contribution is 7.71. The lowest BCUT2D eigenvalue weighted by Gasteiger charge is -2.15. The van der Waals surface area contributed by atoms with Crippen LogP contribution in [0.2, 0.25) is 5.02 Å². The van der Waals surface area contributed by atoms with Crippen LogP contribution in [0.5, 0.6) is 0 Å². The summed E-state index contributed by atoms with van der Waals surface area (Å²) in [6.07, 6.45) is 7.95. The molecule has 0 bridgehead atoms. The Labute approximate surface area is 166 Å². The Morgan fingerprint density at radius 1 is 1.15 bits per heavy atom. The summed E-state index contributed by atoms with van der Waals surface area (Å²) in [7, 11) is 0. The van der Waals surface area contributed by atoms with E-state index in [1.54, 1.807) is 23.3 Å². The van der Waals surface area contributed by atoms with Gasteiger partial charge in [-0.15, -0.1) is 0 Å². The number of hydrogen-bond donors (Lipinski definition) is 1. The number of H-pyrrole nitrogens is 1. The summed E-state index contributed by atoms with van der Waals surface area (Å²) < 4.78 is 6.10. The van der Waals surface area contributed by atoms with Gasteiger partial charge in [0.05, 0.1) is 29.6 Å². The number of nitrogens with zero attached hydrogens (tertiary/aromatic N) is 6. The van der Waals surface area contributed by atoms with Crippen LogP contribution < -0.4 is 0 Å². The zero-order valence-corrected chi connectivity index (χ0v) is 16.2. The number of aromatic amines is 1. The predicted molar refractivity (Wildman–Crippen MR) is 106 cm³/mol. The van der Waals surface area contributed by atoms with Gasteiger partial charge in [0, 0.05) is 12.4 Å². The van der Waals surface area contributed by atoms with Crippen LogP contribution in [-0.2, 0) is 6.54 Å². The minimum Gasteiger partial charge on any atom is -0.267 e. The van der Waals surface area contributed by atoms with Crippen LogP contribution in [0.15, 0.2) is 55.1 Å². The average Bonchev–Trinajstić information content (AvgIpc) is 3.38. The molecule has 0 saturated carbocycles.